The van der Waals surface area contributed by atoms with Crippen molar-refractivity contribution in [1.29, 1.82) is 0 Å². The van der Waals surface area contributed by atoms with Crippen LogP contribution in [0.5, 0.6) is 17.2 Å². The third-order valence-electron chi connectivity index (χ3n) is 5.28. The highest BCUT2D eigenvalue weighted by molar-refractivity contribution is 6.00. The number of para-hydroxylation sites is 1. The minimum atomic E-state index is -0.421. The standard InChI is InChI=1S/C22H23N3O5/c1-28-11-10-25-21(13-8-9-16(29-2)17(12-13)30-3)18-19(23-24-20(18)22(25)27)14-6-4-5-7-15(14)26/h4-9,12,21,26H,10-11H2,1-3H3,(H,23,24)/t21-/m0/s1. The Hall–Kier alpha value is -3.52. The summed E-state index contributed by atoms with van der Waals surface area (Å²) in [6, 6.07) is 12.1. The Morgan fingerprint density at radius 3 is 2.57 bits per heavy atom. The molecule has 0 unspecified atom stereocenters. The van der Waals surface area contributed by atoms with E-state index < -0.39 is 6.04 Å². The number of phenolic OH excluding ortho intramolecular Hbond substituents is 1. The number of methoxy groups -OCH3 is 3. The molecule has 0 saturated carbocycles. The molecule has 0 radical (unpaired) electrons. The summed E-state index contributed by atoms with van der Waals surface area (Å²) in [6.07, 6.45) is 0. The van der Waals surface area contributed by atoms with Crippen molar-refractivity contribution in [3.8, 4) is 28.5 Å². The van der Waals surface area contributed by atoms with E-state index in [9.17, 15) is 9.90 Å². The Labute approximate surface area is 174 Å². The molecule has 0 aliphatic carbocycles. The van der Waals surface area contributed by atoms with Crippen LogP contribution in [0.15, 0.2) is 42.5 Å². The van der Waals surface area contributed by atoms with Crippen LogP contribution in [0.2, 0.25) is 0 Å². The van der Waals surface area contributed by atoms with Gasteiger partial charge in [-0.15, -0.1) is 0 Å². The lowest BCUT2D eigenvalue weighted by Crippen LogP contribution is -2.32. The zero-order chi connectivity index (χ0) is 21.3. The lowest BCUT2D eigenvalue weighted by molar-refractivity contribution is 0.0677. The van der Waals surface area contributed by atoms with Crippen LogP contribution in [0.1, 0.15) is 27.7 Å². The van der Waals surface area contributed by atoms with Gasteiger partial charge in [0.05, 0.1) is 26.9 Å². The van der Waals surface area contributed by atoms with Crippen LogP contribution in [0.25, 0.3) is 11.3 Å². The molecule has 3 aromatic rings. The Balaban J connectivity index is 1.89. The molecule has 0 fully saturated rings. The summed E-state index contributed by atoms with van der Waals surface area (Å²) in [5.41, 5.74) is 3.06. The highest BCUT2D eigenvalue weighted by Gasteiger charge is 2.42. The van der Waals surface area contributed by atoms with E-state index in [2.05, 4.69) is 10.2 Å². The third-order valence-corrected chi connectivity index (χ3v) is 5.28. The second-order valence-corrected chi connectivity index (χ2v) is 6.89. The fraction of sp³-hybridized carbons (Fsp3) is 0.273. The van der Waals surface area contributed by atoms with E-state index in [1.165, 1.54) is 0 Å². The van der Waals surface area contributed by atoms with Gasteiger partial charge in [-0.3, -0.25) is 9.89 Å². The van der Waals surface area contributed by atoms with E-state index in [0.29, 0.717) is 47.2 Å². The molecule has 1 amide bonds. The number of H-pyrrole nitrogens is 1. The second kappa shape index (κ2) is 8.08. The van der Waals surface area contributed by atoms with Crippen LogP contribution in [-0.2, 0) is 4.74 Å². The van der Waals surface area contributed by atoms with Crippen molar-refractivity contribution in [2.75, 3.05) is 34.5 Å². The molecule has 8 nitrogen and oxygen atoms in total. The largest absolute Gasteiger partial charge is 0.507 e. The first-order valence-electron chi connectivity index (χ1n) is 9.49. The number of amides is 1. The van der Waals surface area contributed by atoms with Gasteiger partial charge in [-0.05, 0) is 29.8 Å². The van der Waals surface area contributed by atoms with E-state index in [1.807, 2.05) is 24.3 Å². The average Bonchev–Trinajstić information content (AvgIpc) is 3.31. The number of nitrogens with one attached hydrogen (secondary N) is 1. The maximum absolute atomic E-state index is 13.2. The van der Waals surface area contributed by atoms with E-state index in [4.69, 9.17) is 14.2 Å². The highest BCUT2D eigenvalue weighted by Crippen LogP contribution is 2.45. The average molecular weight is 409 g/mol. The number of aromatic nitrogens is 2. The summed E-state index contributed by atoms with van der Waals surface area (Å²) in [5.74, 6) is 1.09. The van der Waals surface area contributed by atoms with Gasteiger partial charge < -0.3 is 24.2 Å². The maximum atomic E-state index is 13.2. The Morgan fingerprint density at radius 2 is 1.87 bits per heavy atom. The molecule has 1 aliphatic rings. The van der Waals surface area contributed by atoms with Crippen molar-refractivity contribution in [3.63, 3.8) is 0 Å². The molecule has 2 N–H and O–H groups in total. The smallest absolute Gasteiger partial charge is 0.273 e. The molecule has 0 spiro atoms. The van der Waals surface area contributed by atoms with Crippen LogP contribution in [0, 0.1) is 0 Å². The molecule has 1 aliphatic heterocycles. The number of benzene rings is 2. The summed E-state index contributed by atoms with van der Waals surface area (Å²) in [5, 5.41) is 17.6. The van der Waals surface area contributed by atoms with Gasteiger partial charge in [-0.25, -0.2) is 0 Å². The van der Waals surface area contributed by atoms with E-state index in [0.717, 1.165) is 5.56 Å². The van der Waals surface area contributed by atoms with Crippen LogP contribution in [0.3, 0.4) is 0 Å². The summed E-state index contributed by atoms with van der Waals surface area (Å²) < 4.78 is 16.0. The van der Waals surface area contributed by atoms with Gasteiger partial charge in [0.1, 0.15) is 17.1 Å². The van der Waals surface area contributed by atoms with Crippen molar-refractivity contribution < 1.29 is 24.1 Å². The van der Waals surface area contributed by atoms with Crippen molar-refractivity contribution in [2.45, 2.75) is 6.04 Å². The SMILES string of the molecule is COCCN1C(=O)c2[nH]nc(-c3ccccc3O)c2[C@@H]1c1ccc(OC)c(OC)c1. The topological polar surface area (TPSA) is 96.9 Å². The van der Waals surface area contributed by atoms with E-state index in [1.54, 1.807) is 44.4 Å². The number of carbonyl (C=O) groups is 1. The molecule has 4 rings (SSSR count). The summed E-state index contributed by atoms with van der Waals surface area (Å²) in [7, 11) is 4.74. The zero-order valence-corrected chi connectivity index (χ0v) is 17.0. The molecule has 0 saturated heterocycles. The summed E-state index contributed by atoms with van der Waals surface area (Å²) in [6.45, 7) is 0.788. The quantitative estimate of drug-likeness (QED) is 0.623. The van der Waals surface area contributed by atoms with Crippen LogP contribution in [0.4, 0.5) is 0 Å². The summed E-state index contributed by atoms with van der Waals surface area (Å²) in [4.78, 5) is 14.9. The predicted octanol–water partition coefficient (Wildman–Crippen LogP) is 2.99. The maximum Gasteiger partial charge on any atom is 0.273 e. The number of phenols is 1. The monoisotopic (exact) mass is 409 g/mol. The third kappa shape index (κ3) is 3.15. The van der Waals surface area contributed by atoms with Crippen LogP contribution < -0.4 is 9.47 Å². The van der Waals surface area contributed by atoms with Crippen LogP contribution >= 0.6 is 0 Å². The molecule has 0 bridgehead atoms. The molecule has 30 heavy (non-hydrogen) atoms. The first-order valence-corrected chi connectivity index (χ1v) is 9.49. The normalized spacial score (nSPS) is 15.4. The molecule has 1 aromatic heterocycles. The molecule has 8 heteroatoms. The van der Waals surface area contributed by atoms with Gasteiger partial charge in [0, 0.05) is 24.8 Å². The molecule has 2 aromatic carbocycles. The number of hydrogen-bond acceptors (Lipinski definition) is 6. The van der Waals surface area contributed by atoms with E-state index >= 15 is 0 Å². The first-order chi connectivity index (χ1) is 14.6. The Bertz CT molecular complexity index is 1080. The van der Waals surface area contributed by atoms with E-state index in [-0.39, 0.29) is 11.7 Å². The van der Waals surface area contributed by atoms with Crippen molar-refractivity contribution in [1.82, 2.24) is 15.1 Å². The number of aromatic amines is 1. The van der Waals surface area contributed by atoms with Crippen molar-refractivity contribution >= 4 is 5.91 Å². The number of hydrogen-bond donors (Lipinski definition) is 2. The number of aromatic hydroxyl groups is 1. The number of nitrogens with zero attached hydrogens (tertiary/aromatic N) is 2. The number of ether oxygens (including phenoxy) is 3. The number of carbonyl (C=O) groups excluding carboxylic acids is 1. The van der Waals surface area contributed by atoms with Crippen LogP contribution in [-0.4, -0.2) is 60.6 Å². The Kier molecular flexibility index (Phi) is 5.33. The minimum absolute atomic E-state index is 0.0978. The van der Waals surface area contributed by atoms with Gasteiger partial charge >= 0.3 is 0 Å². The molecular weight excluding hydrogens is 386 g/mol. The lowest BCUT2D eigenvalue weighted by atomic mass is 9.95. The fourth-order valence-corrected chi connectivity index (χ4v) is 3.87. The van der Waals surface area contributed by atoms with Gasteiger partial charge in [-0.2, -0.15) is 5.10 Å². The van der Waals surface area contributed by atoms with Gasteiger partial charge in [0.15, 0.2) is 11.5 Å². The van der Waals surface area contributed by atoms with Gasteiger partial charge in [0.2, 0.25) is 0 Å². The molecular formula is C22H23N3O5. The predicted molar refractivity (Wildman–Crippen MR) is 110 cm³/mol. The Morgan fingerprint density at radius 1 is 1.10 bits per heavy atom. The number of rotatable bonds is 7. The second-order valence-electron chi connectivity index (χ2n) is 6.89. The van der Waals surface area contributed by atoms with Crippen molar-refractivity contribution in [2.24, 2.45) is 0 Å². The minimum Gasteiger partial charge on any atom is -0.507 e. The van der Waals surface area contributed by atoms with Gasteiger partial charge in [-0.1, -0.05) is 18.2 Å². The highest BCUT2D eigenvalue weighted by atomic mass is 16.5. The molecule has 1 atom stereocenters. The summed E-state index contributed by atoms with van der Waals surface area (Å²) >= 11 is 0. The number of fused-ring (bicyclic) bond motifs is 1. The van der Waals surface area contributed by atoms with Gasteiger partial charge in [0.25, 0.3) is 5.91 Å². The fourth-order valence-electron chi connectivity index (χ4n) is 3.87. The molecule has 156 valence electrons. The first kappa shape index (κ1) is 19.8. The molecule has 2 heterocycles. The lowest BCUT2D eigenvalue weighted by Gasteiger charge is -2.26. The van der Waals surface area contributed by atoms with Crippen molar-refractivity contribution in [3.05, 3.63) is 59.3 Å². The zero-order valence-electron chi connectivity index (χ0n) is 17.0.